The zero-order valence-corrected chi connectivity index (χ0v) is 30.3. The highest BCUT2D eigenvalue weighted by Crippen LogP contribution is 2.54. The summed E-state index contributed by atoms with van der Waals surface area (Å²) in [5.41, 5.74) is 13.0. The van der Waals surface area contributed by atoms with Crippen molar-refractivity contribution in [2.24, 2.45) is 0 Å². The fourth-order valence-electron chi connectivity index (χ4n) is 8.84. The molecule has 8 aromatic rings. The Kier molecular flexibility index (Phi) is 7.27. The van der Waals surface area contributed by atoms with Gasteiger partial charge in [-0.3, -0.25) is 0 Å². The highest BCUT2D eigenvalue weighted by molar-refractivity contribution is 7.25. The number of hydrogen-bond acceptors (Lipinski definition) is 1. The van der Waals surface area contributed by atoms with Crippen molar-refractivity contribution in [3.8, 4) is 22.3 Å². The van der Waals surface area contributed by atoms with Gasteiger partial charge in [-0.25, -0.2) is 0 Å². The summed E-state index contributed by atoms with van der Waals surface area (Å²) in [5, 5.41) is 7.89. The molecule has 2 aliphatic rings. The van der Waals surface area contributed by atoms with E-state index >= 15 is 0 Å². The van der Waals surface area contributed by atoms with Crippen LogP contribution in [-0.2, 0) is 5.41 Å². The summed E-state index contributed by atoms with van der Waals surface area (Å²) in [6.45, 7) is 4.80. The van der Waals surface area contributed by atoms with Gasteiger partial charge in [0.05, 0.1) is 0 Å². The van der Waals surface area contributed by atoms with Crippen LogP contribution in [0.25, 0.3) is 64.3 Å². The summed E-state index contributed by atoms with van der Waals surface area (Å²) in [7, 11) is 0. The molecule has 0 spiro atoms. The fraction of sp³-hybridized carbons (Fsp3) is 0.0980. The van der Waals surface area contributed by atoms with Crippen molar-refractivity contribution in [2.45, 2.75) is 32.1 Å². The van der Waals surface area contributed by atoms with Gasteiger partial charge >= 0.3 is 0 Å². The zero-order valence-electron chi connectivity index (χ0n) is 29.5. The van der Waals surface area contributed by atoms with Gasteiger partial charge in [-0.15, -0.1) is 11.3 Å². The lowest BCUT2D eigenvalue weighted by Gasteiger charge is -2.24. The van der Waals surface area contributed by atoms with Gasteiger partial charge in [0.15, 0.2) is 0 Å². The maximum atomic E-state index is 2.49. The molecule has 0 fully saturated rings. The zero-order chi connectivity index (χ0) is 34.8. The van der Waals surface area contributed by atoms with Crippen molar-refractivity contribution >= 4 is 53.4 Å². The molecule has 1 aromatic heterocycles. The first-order valence-electron chi connectivity index (χ1n) is 18.4. The van der Waals surface area contributed by atoms with Gasteiger partial charge < -0.3 is 0 Å². The minimum Gasteiger partial charge on any atom is -0.135 e. The standard InChI is InChI=1S/C51H38S/c1-51(2)47-24-14-12-22-40(47)45-30-42(43-31-44-41-23-13-15-25-48(41)52-49(44)32-46(43)50(45)51)35-28-26-34(27-29-35)37-19-9-4-3-8-18-36(33-16-6-5-7-17-33)38-20-10-11-21-39(37)38/h5-32H,3-4H2,1-2H3/b18-8+,19-9+,38-36+,39-37+. The maximum Gasteiger partial charge on any atom is 0.0361 e. The monoisotopic (exact) mass is 682 g/mol. The predicted octanol–water partition coefficient (Wildman–Crippen LogP) is 12.5. The van der Waals surface area contributed by atoms with Crippen LogP contribution < -0.4 is 10.4 Å². The molecule has 52 heavy (non-hydrogen) atoms. The molecule has 0 bridgehead atoms. The van der Waals surface area contributed by atoms with E-state index in [-0.39, 0.29) is 5.41 Å². The summed E-state index contributed by atoms with van der Waals surface area (Å²) >= 11 is 1.91. The lowest BCUT2D eigenvalue weighted by Crippen LogP contribution is -2.29. The van der Waals surface area contributed by atoms with E-state index in [4.69, 9.17) is 0 Å². The van der Waals surface area contributed by atoms with Crippen LogP contribution in [0.4, 0.5) is 0 Å². The van der Waals surface area contributed by atoms with Gasteiger partial charge in [0.25, 0.3) is 0 Å². The van der Waals surface area contributed by atoms with Crippen molar-refractivity contribution < 1.29 is 0 Å². The van der Waals surface area contributed by atoms with Crippen LogP contribution in [0.15, 0.2) is 170 Å². The van der Waals surface area contributed by atoms with E-state index in [2.05, 4.69) is 184 Å². The largest absolute Gasteiger partial charge is 0.135 e. The molecule has 0 unspecified atom stereocenters. The average molecular weight is 683 g/mol. The molecule has 1 heterocycles. The number of allylic oxidation sites excluding steroid dienone is 4. The van der Waals surface area contributed by atoms with Gasteiger partial charge in [0.1, 0.15) is 0 Å². The molecular formula is C51H38S. The molecule has 0 radical (unpaired) electrons. The third kappa shape index (κ3) is 4.88. The Balaban J connectivity index is 1.22. The van der Waals surface area contributed by atoms with Crippen LogP contribution in [0.3, 0.4) is 0 Å². The Bertz CT molecular complexity index is 2900. The second-order valence-electron chi connectivity index (χ2n) is 14.7. The molecule has 0 saturated heterocycles. The number of hydrogen-bond donors (Lipinski definition) is 0. The van der Waals surface area contributed by atoms with Gasteiger partial charge in [-0.2, -0.15) is 0 Å². The molecule has 0 aliphatic heterocycles. The van der Waals surface area contributed by atoms with E-state index in [0.29, 0.717) is 0 Å². The van der Waals surface area contributed by atoms with Crippen LogP contribution in [0.5, 0.6) is 0 Å². The van der Waals surface area contributed by atoms with E-state index in [1.165, 1.54) is 97.0 Å². The van der Waals surface area contributed by atoms with Crippen LogP contribution in [0.1, 0.15) is 48.9 Å². The van der Waals surface area contributed by atoms with Crippen LogP contribution in [0, 0.1) is 0 Å². The molecule has 0 nitrogen and oxygen atoms in total. The molecule has 10 rings (SSSR count). The number of thiophene rings is 1. The van der Waals surface area contributed by atoms with Crippen molar-refractivity contribution in [1.29, 1.82) is 0 Å². The third-order valence-corrected chi connectivity index (χ3v) is 12.5. The Hall–Kier alpha value is -5.76. The topological polar surface area (TPSA) is 0 Å². The van der Waals surface area contributed by atoms with Gasteiger partial charge in [-0.05, 0) is 114 Å². The normalized spacial score (nSPS) is 18.2. The second kappa shape index (κ2) is 12.2. The Morgan fingerprint density at radius 2 is 1.06 bits per heavy atom. The molecule has 0 N–H and O–H groups in total. The first-order chi connectivity index (χ1) is 25.6. The van der Waals surface area contributed by atoms with Crippen molar-refractivity contribution in [2.75, 3.05) is 0 Å². The minimum atomic E-state index is -0.0894. The van der Waals surface area contributed by atoms with Crippen LogP contribution in [-0.4, -0.2) is 0 Å². The van der Waals surface area contributed by atoms with Crippen molar-refractivity contribution in [3.05, 3.63) is 203 Å². The SMILES string of the molecule is CC1(C)c2ccccc2-c2cc(-c3ccc(C4=c5\cccc\c5=C(c5ccccc5)\C=C\CC\C=C\4)cc3)c3cc4c(cc3c21)sc1ccccc14. The first-order valence-corrected chi connectivity index (χ1v) is 19.2. The molecule has 248 valence electrons. The van der Waals surface area contributed by atoms with Gasteiger partial charge in [-0.1, -0.05) is 159 Å². The quantitative estimate of drug-likeness (QED) is 0.174. The number of benzene rings is 7. The highest BCUT2D eigenvalue weighted by atomic mass is 32.1. The van der Waals surface area contributed by atoms with Crippen LogP contribution in [0.2, 0.25) is 0 Å². The number of fused-ring (bicyclic) bond motifs is 9. The molecule has 0 amide bonds. The molecule has 0 atom stereocenters. The molecule has 7 aromatic carbocycles. The summed E-state index contributed by atoms with van der Waals surface area (Å²) < 4.78 is 2.70. The molecule has 0 saturated carbocycles. The van der Waals surface area contributed by atoms with E-state index in [1.807, 2.05) is 11.3 Å². The van der Waals surface area contributed by atoms with E-state index in [0.717, 1.165) is 12.8 Å². The third-order valence-electron chi connectivity index (χ3n) is 11.3. The van der Waals surface area contributed by atoms with Gasteiger partial charge in [0, 0.05) is 25.6 Å². The molecule has 1 heteroatoms. The van der Waals surface area contributed by atoms with Crippen LogP contribution >= 0.6 is 11.3 Å². The predicted molar refractivity (Wildman–Crippen MR) is 225 cm³/mol. The summed E-state index contributed by atoms with van der Waals surface area (Å²) in [4.78, 5) is 0. The molecule has 2 aliphatic carbocycles. The van der Waals surface area contributed by atoms with E-state index in [9.17, 15) is 0 Å². The highest BCUT2D eigenvalue weighted by Gasteiger charge is 2.37. The Labute approximate surface area is 309 Å². The van der Waals surface area contributed by atoms with Gasteiger partial charge in [0.2, 0.25) is 0 Å². The average Bonchev–Trinajstić information content (AvgIpc) is 3.66. The maximum absolute atomic E-state index is 2.49. The minimum absolute atomic E-state index is 0.0894. The summed E-state index contributed by atoms with van der Waals surface area (Å²) in [5.74, 6) is 0. The number of rotatable bonds is 3. The lowest BCUT2D eigenvalue weighted by molar-refractivity contribution is 0.666. The lowest BCUT2D eigenvalue weighted by atomic mass is 9.79. The second-order valence-corrected chi connectivity index (χ2v) is 15.8. The van der Waals surface area contributed by atoms with E-state index < -0.39 is 0 Å². The smallest absolute Gasteiger partial charge is 0.0361 e. The Morgan fingerprint density at radius 3 is 1.81 bits per heavy atom. The fourth-order valence-corrected chi connectivity index (χ4v) is 9.97. The van der Waals surface area contributed by atoms with Crippen molar-refractivity contribution in [1.82, 2.24) is 0 Å². The van der Waals surface area contributed by atoms with Crippen molar-refractivity contribution in [3.63, 3.8) is 0 Å². The molecular weight excluding hydrogens is 645 g/mol. The summed E-state index contributed by atoms with van der Waals surface area (Å²) in [6.07, 6.45) is 11.3. The summed E-state index contributed by atoms with van der Waals surface area (Å²) in [6, 6.07) is 54.4. The Morgan fingerprint density at radius 1 is 0.442 bits per heavy atom. The van der Waals surface area contributed by atoms with E-state index in [1.54, 1.807) is 0 Å². The first kappa shape index (κ1) is 31.0.